The van der Waals surface area contributed by atoms with Crippen LogP contribution >= 0.6 is 0 Å². The van der Waals surface area contributed by atoms with E-state index in [4.69, 9.17) is 10.8 Å². The predicted octanol–water partition coefficient (Wildman–Crippen LogP) is 1.06. The highest BCUT2D eigenvalue weighted by molar-refractivity contribution is 5.73. The molecule has 1 fully saturated rings. The van der Waals surface area contributed by atoms with Crippen LogP contribution < -0.4 is 5.73 Å². The molecular weight excluding hydrogens is 228 g/mol. The lowest BCUT2D eigenvalue weighted by molar-refractivity contribution is -0.138. The molecule has 2 unspecified atom stereocenters. The van der Waals surface area contributed by atoms with Crippen LogP contribution in [0.2, 0.25) is 0 Å². The van der Waals surface area contributed by atoms with Gasteiger partial charge in [0.25, 0.3) is 0 Å². The molecule has 0 bridgehead atoms. The van der Waals surface area contributed by atoms with Gasteiger partial charge in [0, 0.05) is 6.54 Å². The molecule has 1 aliphatic rings. The average molecular weight is 248 g/mol. The number of carboxylic acids is 1. The maximum absolute atomic E-state index is 10.9. The van der Waals surface area contributed by atoms with Crippen molar-refractivity contribution in [3.8, 4) is 0 Å². The summed E-state index contributed by atoms with van der Waals surface area (Å²) < 4.78 is 0. The smallest absolute Gasteiger partial charge is 0.320 e. The number of nitrogens with zero attached hydrogens (tertiary/aromatic N) is 1. The Morgan fingerprint density at radius 3 is 2.89 bits per heavy atom. The van der Waals surface area contributed by atoms with Crippen molar-refractivity contribution in [3.63, 3.8) is 0 Å². The zero-order valence-electron chi connectivity index (χ0n) is 10.7. The summed E-state index contributed by atoms with van der Waals surface area (Å²) in [7, 11) is 2.12. The monoisotopic (exact) mass is 248 g/mol. The molecule has 0 radical (unpaired) electrons. The van der Waals surface area contributed by atoms with Gasteiger partial charge in [0.15, 0.2) is 0 Å². The fourth-order valence-electron chi connectivity index (χ4n) is 2.63. The molecular formula is C14H20N2O2. The van der Waals surface area contributed by atoms with Gasteiger partial charge in [-0.1, -0.05) is 24.3 Å². The Kier molecular flexibility index (Phi) is 3.99. The van der Waals surface area contributed by atoms with Crippen molar-refractivity contribution in [3.05, 3.63) is 35.4 Å². The summed E-state index contributed by atoms with van der Waals surface area (Å²) in [5, 5.41) is 8.91. The Labute approximate surface area is 107 Å². The highest BCUT2D eigenvalue weighted by atomic mass is 16.4. The zero-order chi connectivity index (χ0) is 13.1. The summed E-state index contributed by atoms with van der Waals surface area (Å²) in [6.07, 6.45) is 1.54. The minimum Gasteiger partial charge on any atom is -0.480 e. The number of likely N-dealkylation sites (tertiary alicyclic amines) is 1. The number of rotatable bonds is 4. The standard InChI is InChI=1S/C14H20N2O2/c1-16-7-6-11(9-16)12-5-3-2-4-10(12)8-13(15)14(17)18/h2-5,11,13H,6-9,15H2,1H3,(H,17,18). The predicted molar refractivity (Wildman–Crippen MR) is 70.6 cm³/mol. The second-order valence-corrected chi connectivity index (χ2v) is 5.10. The molecule has 3 N–H and O–H groups in total. The first-order valence-electron chi connectivity index (χ1n) is 6.32. The zero-order valence-corrected chi connectivity index (χ0v) is 10.7. The van der Waals surface area contributed by atoms with Crippen LogP contribution in [0, 0.1) is 0 Å². The number of hydrogen-bond acceptors (Lipinski definition) is 3. The van der Waals surface area contributed by atoms with Crippen LogP contribution in [-0.4, -0.2) is 42.2 Å². The first-order valence-corrected chi connectivity index (χ1v) is 6.32. The number of hydrogen-bond donors (Lipinski definition) is 2. The molecule has 0 aromatic heterocycles. The minimum atomic E-state index is -0.937. The molecule has 1 aromatic carbocycles. The van der Waals surface area contributed by atoms with Crippen molar-refractivity contribution < 1.29 is 9.90 Å². The SMILES string of the molecule is CN1CCC(c2ccccc2CC(N)C(=O)O)C1. The maximum Gasteiger partial charge on any atom is 0.320 e. The van der Waals surface area contributed by atoms with Gasteiger partial charge in [0.1, 0.15) is 6.04 Å². The van der Waals surface area contributed by atoms with Crippen molar-refractivity contribution in [2.75, 3.05) is 20.1 Å². The highest BCUT2D eigenvalue weighted by Gasteiger charge is 2.24. The lowest BCUT2D eigenvalue weighted by Gasteiger charge is -2.17. The molecule has 18 heavy (non-hydrogen) atoms. The van der Waals surface area contributed by atoms with E-state index in [-0.39, 0.29) is 0 Å². The quantitative estimate of drug-likeness (QED) is 0.836. The molecule has 1 aromatic rings. The number of benzene rings is 1. The first kappa shape index (κ1) is 13.1. The van der Waals surface area contributed by atoms with Gasteiger partial charge in [-0.3, -0.25) is 4.79 Å². The third-order valence-corrected chi connectivity index (χ3v) is 3.64. The van der Waals surface area contributed by atoms with Crippen LogP contribution in [0.15, 0.2) is 24.3 Å². The molecule has 98 valence electrons. The van der Waals surface area contributed by atoms with Gasteiger partial charge in [-0.25, -0.2) is 0 Å². The van der Waals surface area contributed by atoms with E-state index >= 15 is 0 Å². The van der Waals surface area contributed by atoms with E-state index in [1.165, 1.54) is 5.56 Å². The van der Waals surface area contributed by atoms with E-state index in [9.17, 15) is 4.79 Å². The van der Waals surface area contributed by atoms with E-state index < -0.39 is 12.0 Å². The van der Waals surface area contributed by atoms with Crippen molar-refractivity contribution in [2.24, 2.45) is 5.73 Å². The van der Waals surface area contributed by atoms with E-state index in [0.29, 0.717) is 12.3 Å². The fraction of sp³-hybridized carbons (Fsp3) is 0.500. The Hall–Kier alpha value is -1.39. The lowest BCUT2D eigenvalue weighted by Crippen LogP contribution is -2.32. The number of carbonyl (C=O) groups is 1. The van der Waals surface area contributed by atoms with E-state index in [0.717, 1.165) is 25.1 Å². The van der Waals surface area contributed by atoms with Gasteiger partial charge in [-0.05, 0) is 43.5 Å². The van der Waals surface area contributed by atoms with Crippen LogP contribution in [-0.2, 0) is 11.2 Å². The highest BCUT2D eigenvalue weighted by Crippen LogP contribution is 2.29. The Morgan fingerprint density at radius 2 is 2.28 bits per heavy atom. The molecule has 4 heteroatoms. The van der Waals surface area contributed by atoms with Gasteiger partial charge >= 0.3 is 5.97 Å². The van der Waals surface area contributed by atoms with Gasteiger partial charge in [0.2, 0.25) is 0 Å². The maximum atomic E-state index is 10.9. The average Bonchev–Trinajstić information content (AvgIpc) is 2.76. The van der Waals surface area contributed by atoms with Crippen LogP contribution in [0.1, 0.15) is 23.5 Å². The topological polar surface area (TPSA) is 66.6 Å². The normalized spacial score (nSPS) is 22.0. The summed E-state index contributed by atoms with van der Waals surface area (Å²) in [5.74, 6) is -0.430. The number of aliphatic carboxylic acids is 1. The van der Waals surface area contributed by atoms with Crippen molar-refractivity contribution >= 4 is 5.97 Å². The largest absolute Gasteiger partial charge is 0.480 e. The molecule has 0 aliphatic carbocycles. The molecule has 4 nitrogen and oxygen atoms in total. The second-order valence-electron chi connectivity index (χ2n) is 5.10. The summed E-state index contributed by atoms with van der Waals surface area (Å²) >= 11 is 0. The second kappa shape index (κ2) is 5.50. The lowest BCUT2D eigenvalue weighted by atomic mass is 9.90. The van der Waals surface area contributed by atoms with Crippen LogP contribution in [0.5, 0.6) is 0 Å². The molecule has 2 atom stereocenters. The molecule has 0 saturated carbocycles. The Balaban J connectivity index is 2.17. The van der Waals surface area contributed by atoms with E-state index in [1.807, 2.05) is 18.2 Å². The third-order valence-electron chi connectivity index (χ3n) is 3.64. The van der Waals surface area contributed by atoms with Gasteiger partial charge in [-0.15, -0.1) is 0 Å². The van der Waals surface area contributed by atoms with E-state index in [2.05, 4.69) is 18.0 Å². The van der Waals surface area contributed by atoms with Gasteiger partial charge in [-0.2, -0.15) is 0 Å². The van der Waals surface area contributed by atoms with Gasteiger partial charge < -0.3 is 15.7 Å². The van der Waals surface area contributed by atoms with Crippen LogP contribution in [0.3, 0.4) is 0 Å². The molecule has 2 rings (SSSR count). The Bertz CT molecular complexity index is 434. The molecule has 0 spiro atoms. The minimum absolute atomic E-state index is 0.408. The summed E-state index contributed by atoms with van der Waals surface area (Å²) in [6, 6.07) is 7.25. The molecule has 1 aliphatic heterocycles. The summed E-state index contributed by atoms with van der Waals surface area (Å²) in [4.78, 5) is 13.2. The number of carboxylic acid groups (broad SMARTS) is 1. The van der Waals surface area contributed by atoms with Gasteiger partial charge in [0.05, 0.1) is 0 Å². The fourth-order valence-corrected chi connectivity index (χ4v) is 2.63. The van der Waals surface area contributed by atoms with Crippen molar-refractivity contribution in [1.82, 2.24) is 4.90 Å². The first-order chi connectivity index (χ1) is 8.58. The van der Waals surface area contributed by atoms with Crippen molar-refractivity contribution in [1.29, 1.82) is 0 Å². The summed E-state index contributed by atoms with van der Waals surface area (Å²) in [5.41, 5.74) is 7.97. The number of nitrogens with two attached hydrogens (primary N) is 1. The van der Waals surface area contributed by atoms with Crippen molar-refractivity contribution in [2.45, 2.75) is 24.8 Å². The van der Waals surface area contributed by atoms with Crippen LogP contribution in [0.4, 0.5) is 0 Å². The van der Waals surface area contributed by atoms with Crippen LogP contribution in [0.25, 0.3) is 0 Å². The molecule has 1 heterocycles. The number of likely N-dealkylation sites (N-methyl/N-ethyl adjacent to an activating group) is 1. The Morgan fingerprint density at radius 1 is 1.56 bits per heavy atom. The summed E-state index contributed by atoms with van der Waals surface area (Å²) in [6.45, 7) is 2.14. The third kappa shape index (κ3) is 2.89. The molecule has 1 saturated heterocycles. The van der Waals surface area contributed by atoms with E-state index in [1.54, 1.807) is 0 Å². The molecule has 0 amide bonds.